The summed E-state index contributed by atoms with van der Waals surface area (Å²) in [5.74, 6) is 0. The molecular formula is C16H16ClN3O2S. The summed E-state index contributed by atoms with van der Waals surface area (Å²) < 4.78 is 26.7. The molecule has 0 fully saturated rings. The molecule has 0 radical (unpaired) electrons. The van der Waals surface area contributed by atoms with Crippen LogP contribution in [0.15, 0.2) is 59.5 Å². The Bertz CT molecular complexity index is 831. The number of nitrogens with zero attached hydrogens (tertiary/aromatic N) is 1. The number of hydrogen-bond acceptors (Lipinski definition) is 4. The Morgan fingerprint density at radius 1 is 1.04 bits per heavy atom. The van der Waals surface area contributed by atoms with Crippen molar-refractivity contribution in [3.63, 3.8) is 0 Å². The Morgan fingerprint density at radius 3 is 2.35 bits per heavy atom. The predicted octanol–water partition coefficient (Wildman–Crippen LogP) is 2.86. The molecule has 1 aliphatic rings. The molecule has 0 saturated heterocycles. The molecule has 0 amide bonds. The van der Waals surface area contributed by atoms with Crippen LogP contribution in [0.1, 0.15) is 12.0 Å². The van der Waals surface area contributed by atoms with Gasteiger partial charge < -0.3 is 11.2 Å². The summed E-state index contributed by atoms with van der Waals surface area (Å²) in [5.41, 5.74) is 10.7. The molecule has 0 bridgehead atoms. The Balaban J connectivity index is 1.86. The summed E-state index contributed by atoms with van der Waals surface area (Å²) in [6.07, 6.45) is 2.59. The molecule has 5 nitrogen and oxygen atoms in total. The van der Waals surface area contributed by atoms with E-state index in [4.69, 9.17) is 17.3 Å². The van der Waals surface area contributed by atoms with Crippen molar-refractivity contribution in [2.75, 3.05) is 12.3 Å². The lowest BCUT2D eigenvalue weighted by atomic mass is 10.1. The van der Waals surface area contributed by atoms with Gasteiger partial charge in [-0.25, -0.2) is 8.42 Å². The number of nitrogen functional groups attached to an aromatic ring is 1. The van der Waals surface area contributed by atoms with Crippen molar-refractivity contribution >= 4 is 33.0 Å². The normalized spacial score (nSPS) is 15.8. The van der Waals surface area contributed by atoms with E-state index in [1.165, 1.54) is 16.5 Å². The lowest BCUT2D eigenvalue weighted by Crippen LogP contribution is -2.44. The predicted molar refractivity (Wildman–Crippen MR) is 91.9 cm³/mol. The summed E-state index contributed by atoms with van der Waals surface area (Å²) in [7, 11) is -3.63. The Morgan fingerprint density at radius 2 is 1.70 bits per heavy atom. The van der Waals surface area contributed by atoms with Crippen molar-refractivity contribution in [1.29, 1.82) is 0 Å². The maximum atomic E-state index is 12.7. The van der Waals surface area contributed by atoms with Gasteiger partial charge in [-0.05, 0) is 48.4 Å². The van der Waals surface area contributed by atoms with Gasteiger partial charge in [0.15, 0.2) is 0 Å². The zero-order chi connectivity index (χ0) is 16.4. The quantitative estimate of drug-likeness (QED) is 0.835. The van der Waals surface area contributed by atoms with Crippen LogP contribution < -0.4 is 11.2 Å². The first kappa shape index (κ1) is 15.9. The molecular weight excluding hydrogens is 334 g/mol. The van der Waals surface area contributed by atoms with Gasteiger partial charge in [0, 0.05) is 17.3 Å². The Kier molecular flexibility index (Phi) is 4.30. The SMILES string of the molecule is Nc1ccc(S(=O)(=O)N2CCC=C(c3ccc(Cl)cc3)N2)cc1. The molecule has 23 heavy (non-hydrogen) atoms. The van der Waals surface area contributed by atoms with Gasteiger partial charge in [0.2, 0.25) is 0 Å². The second-order valence-corrected chi connectivity index (χ2v) is 7.47. The molecule has 120 valence electrons. The number of rotatable bonds is 3. The standard InChI is InChI=1S/C16H16ClN3O2S/c17-13-5-3-12(4-6-13)16-2-1-11-20(19-16)23(21,22)15-9-7-14(18)8-10-15/h2-10,19H,1,11,18H2. The van der Waals surface area contributed by atoms with Gasteiger partial charge in [0.25, 0.3) is 10.0 Å². The topological polar surface area (TPSA) is 75.4 Å². The third kappa shape index (κ3) is 3.34. The van der Waals surface area contributed by atoms with Crippen molar-refractivity contribution in [2.24, 2.45) is 0 Å². The van der Waals surface area contributed by atoms with Crippen LogP contribution in [-0.2, 0) is 10.0 Å². The summed E-state index contributed by atoms with van der Waals surface area (Å²) in [6.45, 7) is 0.365. The van der Waals surface area contributed by atoms with Crippen LogP contribution in [0, 0.1) is 0 Å². The van der Waals surface area contributed by atoms with Crippen LogP contribution >= 0.6 is 11.6 Å². The van der Waals surface area contributed by atoms with Crippen LogP contribution in [0.4, 0.5) is 5.69 Å². The van der Waals surface area contributed by atoms with Gasteiger partial charge in [-0.1, -0.05) is 29.8 Å². The van der Waals surface area contributed by atoms with Gasteiger partial charge in [-0.3, -0.25) is 0 Å². The number of benzene rings is 2. The second-order valence-electron chi connectivity index (χ2n) is 5.17. The minimum absolute atomic E-state index is 0.205. The molecule has 0 aliphatic carbocycles. The Hall–Kier alpha value is -2.02. The van der Waals surface area contributed by atoms with Crippen LogP contribution in [0.2, 0.25) is 5.02 Å². The first-order valence-corrected chi connectivity index (χ1v) is 8.90. The number of hydrogen-bond donors (Lipinski definition) is 2. The fourth-order valence-electron chi connectivity index (χ4n) is 2.32. The summed E-state index contributed by atoms with van der Waals surface area (Å²) in [4.78, 5) is 0.205. The minimum atomic E-state index is -3.63. The number of hydrazine groups is 1. The molecule has 1 heterocycles. The number of nitrogens with one attached hydrogen (secondary N) is 1. The zero-order valence-corrected chi connectivity index (χ0v) is 13.8. The molecule has 2 aromatic carbocycles. The molecule has 2 aromatic rings. The molecule has 0 unspecified atom stereocenters. The summed E-state index contributed by atoms with van der Waals surface area (Å²) >= 11 is 5.89. The van der Waals surface area contributed by atoms with Gasteiger partial charge in [0.05, 0.1) is 10.6 Å². The van der Waals surface area contributed by atoms with Gasteiger partial charge in [-0.2, -0.15) is 0 Å². The average Bonchev–Trinajstić information content (AvgIpc) is 2.56. The largest absolute Gasteiger partial charge is 0.399 e. The maximum Gasteiger partial charge on any atom is 0.259 e. The summed E-state index contributed by atoms with van der Waals surface area (Å²) in [5, 5.41) is 0.636. The van der Waals surface area contributed by atoms with Crippen LogP contribution in [0.5, 0.6) is 0 Å². The monoisotopic (exact) mass is 349 g/mol. The highest BCUT2D eigenvalue weighted by molar-refractivity contribution is 7.89. The first-order valence-electron chi connectivity index (χ1n) is 7.08. The number of anilines is 1. The molecule has 0 aromatic heterocycles. The lowest BCUT2D eigenvalue weighted by molar-refractivity contribution is 0.363. The highest BCUT2D eigenvalue weighted by atomic mass is 35.5. The molecule has 1 aliphatic heterocycles. The van der Waals surface area contributed by atoms with E-state index >= 15 is 0 Å². The van der Waals surface area contributed by atoms with Crippen LogP contribution in [-0.4, -0.2) is 19.4 Å². The zero-order valence-electron chi connectivity index (χ0n) is 12.2. The Labute approximate surface area is 140 Å². The van der Waals surface area contributed by atoms with E-state index in [2.05, 4.69) is 5.43 Å². The highest BCUT2D eigenvalue weighted by Crippen LogP contribution is 2.23. The molecule has 0 atom stereocenters. The van der Waals surface area contributed by atoms with Crippen molar-refractivity contribution in [3.05, 3.63) is 65.2 Å². The van der Waals surface area contributed by atoms with E-state index < -0.39 is 10.0 Å². The van der Waals surface area contributed by atoms with Crippen LogP contribution in [0.3, 0.4) is 0 Å². The molecule has 7 heteroatoms. The second kappa shape index (κ2) is 6.23. The van der Waals surface area contributed by atoms with E-state index in [0.29, 0.717) is 23.7 Å². The van der Waals surface area contributed by atoms with Crippen molar-refractivity contribution in [2.45, 2.75) is 11.3 Å². The molecule has 3 rings (SSSR count). The van der Waals surface area contributed by atoms with Gasteiger partial charge in [-0.15, -0.1) is 4.41 Å². The number of nitrogens with two attached hydrogens (primary N) is 1. The lowest BCUT2D eigenvalue weighted by Gasteiger charge is -2.28. The fraction of sp³-hybridized carbons (Fsp3) is 0.125. The molecule has 0 saturated carbocycles. The third-order valence-corrected chi connectivity index (χ3v) is 5.52. The average molecular weight is 350 g/mol. The van der Waals surface area contributed by atoms with Crippen molar-refractivity contribution < 1.29 is 8.42 Å². The van der Waals surface area contributed by atoms with Crippen molar-refractivity contribution in [3.8, 4) is 0 Å². The number of halogens is 1. The highest BCUT2D eigenvalue weighted by Gasteiger charge is 2.27. The molecule has 3 N–H and O–H groups in total. The minimum Gasteiger partial charge on any atom is -0.399 e. The van der Waals surface area contributed by atoms with Gasteiger partial charge >= 0.3 is 0 Å². The van der Waals surface area contributed by atoms with Crippen molar-refractivity contribution in [1.82, 2.24) is 9.84 Å². The van der Waals surface area contributed by atoms with E-state index in [1.54, 1.807) is 24.3 Å². The maximum absolute atomic E-state index is 12.7. The number of sulfonamides is 1. The van der Waals surface area contributed by atoms with E-state index in [9.17, 15) is 8.42 Å². The van der Waals surface area contributed by atoms with E-state index in [0.717, 1.165) is 11.3 Å². The third-order valence-electron chi connectivity index (χ3n) is 3.55. The van der Waals surface area contributed by atoms with Crippen LogP contribution in [0.25, 0.3) is 5.70 Å². The smallest absolute Gasteiger partial charge is 0.259 e. The van der Waals surface area contributed by atoms with E-state index in [-0.39, 0.29) is 4.90 Å². The fourth-order valence-corrected chi connectivity index (χ4v) is 3.75. The first-order chi connectivity index (χ1) is 11.0. The van der Waals surface area contributed by atoms with Gasteiger partial charge in [0.1, 0.15) is 0 Å². The summed E-state index contributed by atoms with van der Waals surface area (Å²) in [6, 6.07) is 13.4. The van der Waals surface area contributed by atoms with E-state index in [1.807, 2.05) is 18.2 Å². The molecule has 0 spiro atoms.